The Labute approximate surface area is 200 Å². The molecule has 3 N–H and O–H groups in total. The molecule has 188 valence electrons. The number of carbonyl (C=O) groups is 2. The lowest BCUT2D eigenvalue weighted by molar-refractivity contribution is -0.170. The van der Waals surface area contributed by atoms with Crippen molar-refractivity contribution in [2.75, 3.05) is 13.2 Å². The molecule has 34 heavy (non-hydrogen) atoms. The summed E-state index contributed by atoms with van der Waals surface area (Å²) in [6, 6.07) is 7.30. The molecule has 0 aliphatic carbocycles. The van der Waals surface area contributed by atoms with Crippen molar-refractivity contribution in [3.8, 4) is 17.0 Å². The Morgan fingerprint density at radius 1 is 1.06 bits per heavy atom. The van der Waals surface area contributed by atoms with E-state index in [0.29, 0.717) is 18.8 Å². The van der Waals surface area contributed by atoms with Gasteiger partial charge in [-0.25, -0.2) is 20.5 Å². The van der Waals surface area contributed by atoms with Gasteiger partial charge in [0.25, 0.3) is 0 Å². The molecule has 1 atom stereocenters. The van der Waals surface area contributed by atoms with Crippen molar-refractivity contribution in [3.05, 3.63) is 36.8 Å². The summed E-state index contributed by atoms with van der Waals surface area (Å²) in [4.78, 5) is 32.9. The molecule has 2 rings (SSSR count). The van der Waals surface area contributed by atoms with Crippen molar-refractivity contribution in [3.63, 3.8) is 0 Å². The molecule has 2 aromatic rings. The highest BCUT2D eigenvalue weighted by Gasteiger charge is 2.26. The first-order chi connectivity index (χ1) is 15.9. The average molecular weight is 477 g/mol. The number of aryl methyl sites for hydroxylation is 1. The smallest absolute Gasteiger partial charge is 0.407 e. The van der Waals surface area contributed by atoms with E-state index in [1.807, 2.05) is 43.7 Å². The van der Waals surface area contributed by atoms with E-state index in [-0.39, 0.29) is 6.61 Å². The van der Waals surface area contributed by atoms with Crippen LogP contribution in [0.25, 0.3) is 11.3 Å². The van der Waals surface area contributed by atoms with Gasteiger partial charge >= 0.3 is 12.1 Å². The molecule has 0 spiro atoms. The summed E-state index contributed by atoms with van der Waals surface area (Å²) in [5, 5.41) is 2.74. The van der Waals surface area contributed by atoms with Crippen LogP contribution in [0.3, 0.4) is 0 Å². The van der Waals surface area contributed by atoms with Crippen LogP contribution in [0.4, 0.5) is 4.79 Å². The maximum absolute atomic E-state index is 12.1. The first kappa shape index (κ1) is 27.1. The van der Waals surface area contributed by atoms with Gasteiger partial charge in [0.1, 0.15) is 23.6 Å². The minimum atomic E-state index is -1.03. The number of hydrogen-bond acceptors (Lipinski definition) is 8. The maximum Gasteiger partial charge on any atom is 0.407 e. The van der Waals surface area contributed by atoms with Crippen LogP contribution in [-0.2, 0) is 25.7 Å². The van der Waals surface area contributed by atoms with E-state index in [4.69, 9.17) is 24.9 Å². The maximum atomic E-state index is 12.1. The monoisotopic (exact) mass is 476 g/mol. The third kappa shape index (κ3) is 9.80. The van der Waals surface area contributed by atoms with Crippen molar-refractivity contribution in [2.24, 2.45) is 5.90 Å². The quantitative estimate of drug-likeness (QED) is 0.303. The number of nitrogens with one attached hydrogen (secondary N) is 1. The lowest BCUT2D eigenvalue weighted by Crippen LogP contribution is -2.38. The van der Waals surface area contributed by atoms with Gasteiger partial charge < -0.3 is 24.1 Å². The topological polar surface area (TPSA) is 127 Å². The van der Waals surface area contributed by atoms with Crippen LogP contribution < -0.4 is 16.0 Å². The number of ether oxygens (including phenoxy) is 3. The molecule has 1 unspecified atom stereocenters. The van der Waals surface area contributed by atoms with E-state index in [2.05, 4.69) is 10.3 Å². The number of aromatic nitrogens is 2. The molecule has 0 radical (unpaired) electrons. The van der Waals surface area contributed by atoms with Crippen LogP contribution in [0, 0.1) is 0 Å². The summed E-state index contributed by atoms with van der Waals surface area (Å²) < 4.78 is 18.1. The van der Waals surface area contributed by atoms with Gasteiger partial charge in [-0.05, 0) is 72.2 Å². The summed E-state index contributed by atoms with van der Waals surface area (Å²) in [5.41, 5.74) is 0.565. The molecule has 0 saturated carbocycles. The van der Waals surface area contributed by atoms with Gasteiger partial charge in [0.2, 0.25) is 6.10 Å². The number of esters is 1. The standard InChI is InChI=1S/C24H36N4O6/c1-23(2,3)32-21(29)20(34-25)15-31-18-10-8-17(9-11-18)19-14-28(16-27-19)13-7-12-26-22(30)33-24(4,5)6/h8-11,14,16,20H,7,12-13,15,25H2,1-6H3,(H,26,30). The van der Waals surface area contributed by atoms with Crippen molar-refractivity contribution < 1.29 is 28.6 Å². The molecule has 1 aromatic carbocycles. The van der Waals surface area contributed by atoms with E-state index in [9.17, 15) is 9.59 Å². The average Bonchev–Trinajstić information content (AvgIpc) is 3.18. The number of carbonyl (C=O) groups excluding carboxylic acids is 2. The molecule has 0 bridgehead atoms. The van der Waals surface area contributed by atoms with Crippen LogP contribution in [0.15, 0.2) is 36.8 Å². The van der Waals surface area contributed by atoms with Crippen LogP contribution in [0.1, 0.15) is 48.0 Å². The van der Waals surface area contributed by atoms with Gasteiger partial charge in [-0.3, -0.25) is 4.84 Å². The third-order valence-corrected chi connectivity index (χ3v) is 4.28. The predicted octanol–water partition coefficient (Wildman–Crippen LogP) is 3.44. The summed E-state index contributed by atoms with van der Waals surface area (Å²) in [7, 11) is 0. The van der Waals surface area contributed by atoms with E-state index >= 15 is 0 Å². The number of benzene rings is 1. The van der Waals surface area contributed by atoms with Crippen LogP contribution in [0.5, 0.6) is 5.75 Å². The number of rotatable bonds is 10. The summed E-state index contributed by atoms with van der Waals surface area (Å²) in [6.45, 7) is 11.9. The van der Waals surface area contributed by atoms with Crippen molar-refractivity contribution in [2.45, 2.75) is 71.8 Å². The second-order valence-electron chi connectivity index (χ2n) is 9.77. The SMILES string of the molecule is CC(C)(C)OC(=O)NCCCn1cnc(-c2ccc(OCC(ON)C(=O)OC(C)(C)C)cc2)c1. The van der Waals surface area contributed by atoms with Gasteiger partial charge in [-0.15, -0.1) is 0 Å². The largest absolute Gasteiger partial charge is 0.490 e. The third-order valence-electron chi connectivity index (χ3n) is 4.28. The highest BCUT2D eigenvalue weighted by Crippen LogP contribution is 2.21. The molecule has 10 heteroatoms. The zero-order valence-corrected chi connectivity index (χ0v) is 20.8. The molecule has 1 aromatic heterocycles. The zero-order chi connectivity index (χ0) is 25.4. The number of imidazole rings is 1. The highest BCUT2D eigenvalue weighted by atomic mass is 16.7. The van der Waals surface area contributed by atoms with E-state index in [1.165, 1.54) is 0 Å². The van der Waals surface area contributed by atoms with E-state index in [0.717, 1.165) is 17.7 Å². The first-order valence-electron chi connectivity index (χ1n) is 11.2. The predicted molar refractivity (Wildman–Crippen MR) is 127 cm³/mol. The first-order valence-corrected chi connectivity index (χ1v) is 11.2. The second-order valence-corrected chi connectivity index (χ2v) is 9.77. The van der Waals surface area contributed by atoms with E-state index < -0.39 is 29.4 Å². The molecule has 1 heterocycles. The molecule has 0 aliphatic rings. The highest BCUT2D eigenvalue weighted by molar-refractivity contribution is 5.75. The van der Waals surface area contributed by atoms with Crippen molar-refractivity contribution in [1.82, 2.24) is 14.9 Å². The summed E-state index contributed by atoms with van der Waals surface area (Å²) in [6.07, 6.45) is 2.97. The fourth-order valence-corrected chi connectivity index (χ4v) is 2.82. The Bertz CT molecular complexity index is 928. The van der Waals surface area contributed by atoms with Gasteiger partial charge in [0.05, 0.1) is 12.0 Å². The van der Waals surface area contributed by atoms with Crippen LogP contribution in [0.2, 0.25) is 0 Å². The molecule has 1 amide bonds. The summed E-state index contributed by atoms with van der Waals surface area (Å²) >= 11 is 0. The molecule has 0 fully saturated rings. The molecule has 0 saturated heterocycles. The number of nitrogens with two attached hydrogens (primary N) is 1. The second kappa shape index (κ2) is 11.8. The lowest BCUT2D eigenvalue weighted by Gasteiger charge is -2.22. The molecular weight excluding hydrogens is 440 g/mol. The van der Waals surface area contributed by atoms with Gasteiger partial charge in [-0.2, -0.15) is 0 Å². The van der Waals surface area contributed by atoms with Crippen LogP contribution >= 0.6 is 0 Å². The Morgan fingerprint density at radius 2 is 1.71 bits per heavy atom. The van der Waals surface area contributed by atoms with Gasteiger partial charge in [-0.1, -0.05) is 0 Å². The Balaban J connectivity index is 1.81. The fourth-order valence-electron chi connectivity index (χ4n) is 2.82. The number of amides is 1. The normalized spacial score (nSPS) is 12.7. The number of alkyl carbamates (subject to hydrolysis) is 1. The van der Waals surface area contributed by atoms with Crippen LogP contribution in [-0.4, -0.2) is 52.1 Å². The number of nitrogens with zero attached hydrogens (tertiary/aromatic N) is 2. The van der Waals surface area contributed by atoms with Gasteiger partial charge in [0.15, 0.2) is 0 Å². The molecular formula is C24H36N4O6. The lowest BCUT2D eigenvalue weighted by atomic mass is 10.1. The Hall–Kier alpha value is -3.11. The zero-order valence-electron chi connectivity index (χ0n) is 20.8. The fraction of sp³-hybridized carbons (Fsp3) is 0.542. The van der Waals surface area contributed by atoms with Crippen molar-refractivity contribution in [1.29, 1.82) is 0 Å². The molecule has 10 nitrogen and oxygen atoms in total. The Morgan fingerprint density at radius 3 is 2.29 bits per heavy atom. The molecule has 0 aliphatic heterocycles. The minimum absolute atomic E-state index is 0.0727. The van der Waals surface area contributed by atoms with Gasteiger partial charge in [0, 0.05) is 24.8 Å². The minimum Gasteiger partial charge on any atom is -0.490 e. The number of hydrogen-bond donors (Lipinski definition) is 2. The van der Waals surface area contributed by atoms with E-state index in [1.54, 1.807) is 39.2 Å². The Kier molecular flexibility index (Phi) is 9.46. The summed E-state index contributed by atoms with van der Waals surface area (Å²) in [5.74, 6) is 5.20. The van der Waals surface area contributed by atoms with Crippen molar-refractivity contribution >= 4 is 12.1 Å².